The molecule has 0 saturated heterocycles. The summed E-state index contributed by atoms with van der Waals surface area (Å²) in [5.74, 6) is -0.604. The fourth-order valence-corrected chi connectivity index (χ4v) is 3.75. The zero-order chi connectivity index (χ0) is 17.7. The van der Waals surface area contributed by atoms with Crippen LogP contribution in [0.4, 0.5) is 5.69 Å². The molecule has 0 aromatic heterocycles. The normalized spacial score (nSPS) is 11.3. The average Bonchev–Trinajstić information content (AvgIpc) is 2.54. The molecule has 24 heavy (non-hydrogen) atoms. The van der Waals surface area contributed by atoms with E-state index in [-0.39, 0.29) is 11.0 Å². The molecule has 2 rings (SSSR count). The van der Waals surface area contributed by atoms with Gasteiger partial charge < -0.3 is 4.74 Å². The van der Waals surface area contributed by atoms with Crippen LogP contribution in [0.5, 0.6) is 0 Å². The predicted octanol–water partition coefficient (Wildman–Crippen LogP) is 3.60. The Morgan fingerprint density at radius 1 is 1.08 bits per heavy atom. The van der Waals surface area contributed by atoms with E-state index in [0.29, 0.717) is 5.69 Å². The molecule has 0 radical (unpaired) electrons. The van der Waals surface area contributed by atoms with Crippen molar-refractivity contribution in [3.05, 3.63) is 59.1 Å². The Hall–Kier alpha value is -1.86. The maximum atomic E-state index is 12.9. The van der Waals surface area contributed by atoms with Gasteiger partial charge in [0.2, 0.25) is 0 Å². The Morgan fingerprint density at radius 3 is 2.21 bits per heavy atom. The highest BCUT2D eigenvalue weighted by molar-refractivity contribution is 9.10. The van der Waals surface area contributed by atoms with E-state index < -0.39 is 22.5 Å². The molecule has 0 unspecified atom stereocenters. The van der Waals surface area contributed by atoms with Gasteiger partial charge in [0.1, 0.15) is 6.54 Å². The Balaban J connectivity index is 2.42. The van der Waals surface area contributed by atoms with Crippen molar-refractivity contribution >= 4 is 37.6 Å². The van der Waals surface area contributed by atoms with Crippen LogP contribution in [-0.4, -0.2) is 27.0 Å². The van der Waals surface area contributed by atoms with Gasteiger partial charge in [0.25, 0.3) is 10.0 Å². The molecule has 2 aromatic carbocycles. The lowest BCUT2D eigenvalue weighted by atomic mass is 10.3. The van der Waals surface area contributed by atoms with Crippen LogP contribution >= 0.6 is 15.9 Å². The van der Waals surface area contributed by atoms with Gasteiger partial charge >= 0.3 is 5.97 Å². The molecule has 0 atom stereocenters. The van der Waals surface area contributed by atoms with Crippen molar-refractivity contribution < 1.29 is 17.9 Å². The number of anilines is 1. The summed E-state index contributed by atoms with van der Waals surface area (Å²) < 4.78 is 32.9. The molecule has 0 aliphatic heterocycles. The number of hydrogen-bond acceptors (Lipinski definition) is 4. The van der Waals surface area contributed by atoms with E-state index in [1.165, 1.54) is 12.1 Å². The second-order valence-electron chi connectivity index (χ2n) is 5.34. The molecule has 2 aromatic rings. The second kappa shape index (κ2) is 7.81. The van der Waals surface area contributed by atoms with Crippen molar-refractivity contribution in [3.63, 3.8) is 0 Å². The summed E-state index contributed by atoms with van der Waals surface area (Å²) in [6.45, 7) is 3.04. The number of carbonyl (C=O) groups is 1. The molecule has 0 saturated carbocycles. The van der Waals surface area contributed by atoms with Crippen LogP contribution in [0, 0.1) is 0 Å². The van der Waals surface area contributed by atoms with Gasteiger partial charge in [-0.15, -0.1) is 0 Å². The molecule has 7 heteroatoms. The van der Waals surface area contributed by atoms with Crippen LogP contribution in [0.25, 0.3) is 0 Å². The highest BCUT2D eigenvalue weighted by Gasteiger charge is 2.27. The third kappa shape index (κ3) is 4.58. The average molecular weight is 412 g/mol. The molecule has 0 amide bonds. The summed E-state index contributed by atoms with van der Waals surface area (Å²) in [5.41, 5.74) is 0.391. The Labute approximate surface area is 150 Å². The monoisotopic (exact) mass is 411 g/mol. The van der Waals surface area contributed by atoms with Gasteiger partial charge in [-0.05, 0) is 50.2 Å². The van der Waals surface area contributed by atoms with Crippen LogP contribution < -0.4 is 4.31 Å². The molecular weight excluding hydrogens is 394 g/mol. The lowest BCUT2D eigenvalue weighted by Gasteiger charge is -2.24. The van der Waals surface area contributed by atoms with Gasteiger partial charge in [-0.2, -0.15) is 0 Å². The van der Waals surface area contributed by atoms with E-state index >= 15 is 0 Å². The van der Waals surface area contributed by atoms with Crippen LogP contribution in [-0.2, 0) is 19.6 Å². The van der Waals surface area contributed by atoms with Crippen molar-refractivity contribution in [2.75, 3.05) is 10.8 Å². The molecule has 0 spiro atoms. The molecule has 0 aliphatic carbocycles. The van der Waals surface area contributed by atoms with Crippen molar-refractivity contribution in [2.24, 2.45) is 0 Å². The minimum absolute atomic E-state index is 0.116. The minimum atomic E-state index is -3.88. The molecule has 0 N–H and O–H groups in total. The standard InChI is InChI=1S/C17H18BrNO4S/c1-13(2)23-17(20)12-19(15-10-8-14(18)9-11-15)24(21,22)16-6-4-3-5-7-16/h3-11,13H,12H2,1-2H3. The Bertz CT molecular complexity index is 789. The summed E-state index contributed by atoms with van der Waals surface area (Å²) in [6, 6.07) is 14.7. The van der Waals surface area contributed by atoms with Crippen molar-refractivity contribution in [3.8, 4) is 0 Å². The maximum absolute atomic E-state index is 12.9. The predicted molar refractivity (Wildman–Crippen MR) is 96.3 cm³/mol. The number of halogens is 1. The molecule has 0 aliphatic rings. The summed E-state index contributed by atoms with van der Waals surface area (Å²) >= 11 is 3.31. The zero-order valence-corrected chi connectivity index (χ0v) is 15.7. The lowest BCUT2D eigenvalue weighted by Crippen LogP contribution is -2.37. The first kappa shape index (κ1) is 18.5. The fraction of sp³-hybridized carbons (Fsp3) is 0.235. The van der Waals surface area contributed by atoms with Crippen LogP contribution in [0.15, 0.2) is 64.0 Å². The van der Waals surface area contributed by atoms with Crippen LogP contribution in [0.2, 0.25) is 0 Å². The van der Waals surface area contributed by atoms with E-state index in [9.17, 15) is 13.2 Å². The number of sulfonamides is 1. The lowest BCUT2D eigenvalue weighted by molar-refractivity contribution is -0.145. The SMILES string of the molecule is CC(C)OC(=O)CN(c1ccc(Br)cc1)S(=O)(=O)c1ccccc1. The van der Waals surface area contributed by atoms with Crippen LogP contribution in [0.3, 0.4) is 0 Å². The molecule has 0 fully saturated rings. The van der Waals surface area contributed by atoms with Crippen molar-refractivity contribution in [2.45, 2.75) is 24.8 Å². The number of carbonyl (C=O) groups excluding carboxylic acids is 1. The Morgan fingerprint density at radius 2 is 1.67 bits per heavy atom. The number of benzene rings is 2. The summed E-state index contributed by atoms with van der Waals surface area (Å²) in [5, 5.41) is 0. The second-order valence-corrected chi connectivity index (χ2v) is 8.12. The van der Waals surface area contributed by atoms with Crippen molar-refractivity contribution in [1.29, 1.82) is 0 Å². The Kier molecular flexibility index (Phi) is 6.01. The first-order chi connectivity index (χ1) is 11.3. The number of esters is 1. The number of rotatable bonds is 6. The highest BCUT2D eigenvalue weighted by Crippen LogP contribution is 2.25. The highest BCUT2D eigenvalue weighted by atomic mass is 79.9. The first-order valence-electron chi connectivity index (χ1n) is 7.33. The largest absolute Gasteiger partial charge is 0.462 e. The summed E-state index contributed by atoms with van der Waals surface area (Å²) in [4.78, 5) is 12.2. The van der Waals surface area contributed by atoms with Gasteiger partial charge in [-0.25, -0.2) is 8.42 Å². The molecule has 0 bridgehead atoms. The van der Waals surface area contributed by atoms with Gasteiger partial charge in [0.05, 0.1) is 16.7 Å². The minimum Gasteiger partial charge on any atom is -0.462 e. The third-order valence-electron chi connectivity index (χ3n) is 3.09. The topological polar surface area (TPSA) is 63.7 Å². The summed E-state index contributed by atoms with van der Waals surface area (Å²) in [6.07, 6.45) is -0.316. The van der Waals surface area contributed by atoms with E-state index in [2.05, 4.69) is 15.9 Å². The quantitative estimate of drug-likeness (QED) is 0.681. The molecule has 0 heterocycles. The van der Waals surface area contributed by atoms with E-state index in [0.717, 1.165) is 8.78 Å². The molecule has 5 nitrogen and oxygen atoms in total. The van der Waals surface area contributed by atoms with E-state index in [4.69, 9.17) is 4.74 Å². The van der Waals surface area contributed by atoms with Crippen molar-refractivity contribution in [1.82, 2.24) is 0 Å². The smallest absolute Gasteiger partial charge is 0.327 e. The number of nitrogens with zero attached hydrogens (tertiary/aromatic N) is 1. The zero-order valence-electron chi connectivity index (χ0n) is 13.3. The van der Waals surface area contributed by atoms with E-state index in [1.54, 1.807) is 56.3 Å². The van der Waals surface area contributed by atoms with Gasteiger partial charge in [0, 0.05) is 4.47 Å². The van der Waals surface area contributed by atoms with Gasteiger partial charge in [-0.1, -0.05) is 34.1 Å². The maximum Gasteiger partial charge on any atom is 0.327 e. The fourth-order valence-electron chi connectivity index (χ4n) is 2.06. The third-order valence-corrected chi connectivity index (χ3v) is 5.40. The number of ether oxygens (including phenoxy) is 1. The van der Waals surface area contributed by atoms with Gasteiger partial charge in [0.15, 0.2) is 0 Å². The summed E-state index contributed by atoms with van der Waals surface area (Å²) in [7, 11) is -3.88. The first-order valence-corrected chi connectivity index (χ1v) is 9.57. The van der Waals surface area contributed by atoms with E-state index in [1.807, 2.05) is 0 Å². The molecule has 128 valence electrons. The van der Waals surface area contributed by atoms with Crippen LogP contribution in [0.1, 0.15) is 13.8 Å². The number of hydrogen-bond donors (Lipinski definition) is 0. The van der Waals surface area contributed by atoms with Gasteiger partial charge in [-0.3, -0.25) is 9.10 Å². The molecular formula is C17H18BrNO4S.